The average Bonchev–Trinajstić information content (AvgIpc) is 3.16. The van der Waals surface area contributed by atoms with Crippen LogP contribution in [0.1, 0.15) is 16.2 Å². The van der Waals surface area contributed by atoms with E-state index in [-0.39, 0.29) is 5.91 Å². The number of carbonyl (C=O) groups excluding carboxylic acids is 1. The number of hydrogen-bond donors (Lipinski definition) is 0. The van der Waals surface area contributed by atoms with Crippen LogP contribution >= 0.6 is 23.2 Å². The molecule has 144 valence electrons. The Morgan fingerprint density at radius 3 is 2.57 bits per heavy atom. The molecular formula is C20H18Cl2N4O2. The van der Waals surface area contributed by atoms with E-state index in [2.05, 4.69) is 15.0 Å². The van der Waals surface area contributed by atoms with Gasteiger partial charge in [-0.05, 0) is 30.3 Å². The van der Waals surface area contributed by atoms with Gasteiger partial charge in [0.25, 0.3) is 11.8 Å². The Hall–Kier alpha value is -2.41. The summed E-state index contributed by atoms with van der Waals surface area (Å²) in [5, 5.41) is 5.20. The van der Waals surface area contributed by atoms with Crippen LogP contribution in [0.5, 0.6) is 0 Å². The van der Waals surface area contributed by atoms with Gasteiger partial charge in [-0.15, -0.1) is 0 Å². The zero-order chi connectivity index (χ0) is 19.5. The van der Waals surface area contributed by atoms with Gasteiger partial charge in [0.05, 0.1) is 17.1 Å². The Bertz CT molecular complexity index is 984. The van der Waals surface area contributed by atoms with Crippen LogP contribution < -0.4 is 0 Å². The lowest BCUT2D eigenvalue weighted by Crippen LogP contribution is -2.48. The molecule has 6 nitrogen and oxygen atoms in total. The molecule has 0 unspecified atom stereocenters. The highest BCUT2D eigenvalue weighted by molar-refractivity contribution is 6.33. The third-order valence-corrected chi connectivity index (χ3v) is 5.23. The van der Waals surface area contributed by atoms with Gasteiger partial charge in [-0.3, -0.25) is 9.69 Å². The molecule has 1 aromatic heterocycles. The van der Waals surface area contributed by atoms with Gasteiger partial charge in [0.1, 0.15) is 0 Å². The number of rotatable bonds is 4. The van der Waals surface area contributed by atoms with E-state index in [0.29, 0.717) is 47.0 Å². The van der Waals surface area contributed by atoms with Crippen molar-refractivity contribution in [1.29, 1.82) is 0 Å². The smallest absolute Gasteiger partial charge is 0.259 e. The van der Waals surface area contributed by atoms with Gasteiger partial charge in [-0.1, -0.05) is 46.6 Å². The van der Waals surface area contributed by atoms with Gasteiger partial charge < -0.3 is 9.42 Å². The SMILES string of the molecule is O=C(c1cccc(Cl)c1)N1CCN(Cc2noc(-c3ccccc3Cl)n2)CC1. The standard InChI is InChI=1S/C20H18Cl2N4O2/c21-15-5-3-4-14(12-15)20(27)26-10-8-25(9-11-26)13-18-23-19(28-24-18)16-6-1-2-7-17(16)22/h1-7,12H,8-11,13H2. The molecule has 0 radical (unpaired) electrons. The fraction of sp³-hybridized carbons (Fsp3) is 0.250. The van der Waals surface area contributed by atoms with Gasteiger partial charge in [-0.25, -0.2) is 0 Å². The number of carbonyl (C=O) groups is 1. The van der Waals surface area contributed by atoms with Crippen LogP contribution in [0.3, 0.4) is 0 Å². The number of piperazine rings is 1. The summed E-state index contributed by atoms with van der Waals surface area (Å²) in [6.45, 7) is 3.32. The number of benzene rings is 2. The van der Waals surface area contributed by atoms with Crippen molar-refractivity contribution in [3.8, 4) is 11.5 Å². The molecule has 2 heterocycles. The molecule has 0 spiro atoms. The van der Waals surface area contributed by atoms with E-state index in [1.807, 2.05) is 23.1 Å². The summed E-state index contributed by atoms with van der Waals surface area (Å²) in [5.41, 5.74) is 1.34. The van der Waals surface area contributed by atoms with Crippen LogP contribution in [0, 0.1) is 0 Å². The molecule has 0 N–H and O–H groups in total. The zero-order valence-electron chi connectivity index (χ0n) is 15.0. The maximum Gasteiger partial charge on any atom is 0.259 e. The Labute approximate surface area is 172 Å². The summed E-state index contributed by atoms with van der Waals surface area (Å²) in [7, 11) is 0. The first-order valence-corrected chi connectivity index (χ1v) is 9.70. The zero-order valence-corrected chi connectivity index (χ0v) is 16.5. The van der Waals surface area contributed by atoms with E-state index in [4.69, 9.17) is 27.7 Å². The van der Waals surface area contributed by atoms with Gasteiger partial charge >= 0.3 is 0 Å². The van der Waals surface area contributed by atoms with Crippen molar-refractivity contribution in [1.82, 2.24) is 19.9 Å². The average molecular weight is 417 g/mol. The first-order chi connectivity index (χ1) is 13.6. The van der Waals surface area contributed by atoms with E-state index >= 15 is 0 Å². The fourth-order valence-corrected chi connectivity index (χ4v) is 3.58. The van der Waals surface area contributed by atoms with Crippen LogP contribution in [0.4, 0.5) is 0 Å². The highest BCUT2D eigenvalue weighted by atomic mass is 35.5. The van der Waals surface area contributed by atoms with Crippen LogP contribution in [0.15, 0.2) is 53.1 Å². The predicted octanol–water partition coefficient (Wildman–Crippen LogP) is 4.00. The van der Waals surface area contributed by atoms with Crippen molar-refractivity contribution in [3.63, 3.8) is 0 Å². The van der Waals surface area contributed by atoms with E-state index in [1.165, 1.54) is 0 Å². The Kier molecular flexibility index (Phi) is 5.62. The first kappa shape index (κ1) is 18.9. The normalized spacial score (nSPS) is 15.0. The second kappa shape index (κ2) is 8.31. The topological polar surface area (TPSA) is 62.5 Å². The second-order valence-electron chi connectivity index (χ2n) is 6.57. The Morgan fingerprint density at radius 2 is 1.82 bits per heavy atom. The fourth-order valence-electron chi connectivity index (χ4n) is 3.18. The highest BCUT2D eigenvalue weighted by Crippen LogP contribution is 2.26. The number of hydrogen-bond acceptors (Lipinski definition) is 5. The number of aromatic nitrogens is 2. The molecule has 2 aromatic carbocycles. The summed E-state index contributed by atoms with van der Waals surface area (Å²) in [6.07, 6.45) is 0. The summed E-state index contributed by atoms with van der Waals surface area (Å²) in [6, 6.07) is 14.4. The van der Waals surface area contributed by atoms with Crippen molar-refractivity contribution in [2.75, 3.05) is 26.2 Å². The molecule has 0 aliphatic carbocycles. The number of nitrogens with zero attached hydrogens (tertiary/aromatic N) is 4. The van der Waals surface area contributed by atoms with Crippen LogP contribution in [-0.2, 0) is 6.54 Å². The molecule has 1 amide bonds. The third-order valence-electron chi connectivity index (χ3n) is 4.67. The minimum Gasteiger partial charge on any atom is -0.336 e. The molecule has 1 aliphatic rings. The van der Waals surface area contributed by atoms with Crippen molar-refractivity contribution < 1.29 is 9.32 Å². The molecule has 0 saturated carbocycles. The minimum atomic E-state index is 0.00252. The van der Waals surface area contributed by atoms with Crippen LogP contribution in [0.2, 0.25) is 10.0 Å². The molecular weight excluding hydrogens is 399 g/mol. The molecule has 0 bridgehead atoms. The van der Waals surface area contributed by atoms with E-state index < -0.39 is 0 Å². The van der Waals surface area contributed by atoms with Crippen molar-refractivity contribution in [2.24, 2.45) is 0 Å². The van der Waals surface area contributed by atoms with Crippen molar-refractivity contribution in [3.05, 3.63) is 70.0 Å². The largest absolute Gasteiger partial charge is 0.336 e. The Morgan fingerprint density at radius 1 is 1.04 bits per heavy atom. The third kappa shape index (κ3) is 4.19. The van der Waals surface area contributed by atoms with Crippen molar-refractivity contribution >= 4 is 29.1 Å². The molecule has 28 heavy (non-hydrogen) atoms. The van der Waals surface area contributed by atoms with E-state index in [0.717, 1.165) is 18.7 Å². The molecule has 0 atom stereocenters. The molecule has 3 aromatic rings. The monoisotopic (exact) mass is 416 g/mol. The quantitative estimate of drug-likeness (QED) is 0.642. The molecule has 8 heteroatoms. The first-order valence-electron chi connectivity index (χ1n) is 8.95. The minimum absolute atomic E-state index is 0.00252. The summed E-state index contributed by atoms with van der Waals surface area (Å²) in [5.74, 6) is 1.02. The molecule has 1 saturated heterocycles. The van der Waals surface area contributed by atoms with Crippen LogP contribution in [0.25, 0.3) is 11.5 Å². The lowest BCUT2D eigenvalue weighted by atomic mass is 10.2. The van der Waals surface area contributed by atoms with E-state index in [1.54, 1.807) is 30.3 Å². The maximum absolute atomic E-state index is 12.6. The molecule has 1 fully saturated rings. The lowest BCUT2D eigenvalue weighted by molar-refractivity contribution is 0.0624. The van der Waals surface area contributed by atoms with Crippen molar-refractivity contribution in [2.45, 2.75) is 6.54 Å². The predicted molar refractivity (Wildman–Crippen MR) is 107 cm³/mol. The van der Waals surface area contributed by atoms with Gasteiger partial charge in [0.15, 0.2) is 5.82 Å². The summed E-state index contributed by atoms with van der Waals surface area (Å²) >= 11 is 12.2. The lowest BCUT2D eigenvalue weighted by Gasteiger charge is -2.34. The van der Waals surface area contributed by atoms with Gasteiger partial charge in [0, 0.05) is 36.8 Å². The molecule has 4 rings (SSSR count). The summed E-state index contributed by atoms with van der Waals surface area (Å²) < 4.78 is 5.35. The number of amides is 1. The van der Waals surface area contributed by atoms with Crippen LogP contribution in [-0.4, -0.2) is 52.0 Å². The molecule has 1 aliphatic heterocycles. The summed E-state index contributed by atoms with van der Waals surface area (Å²) in [4.78, 5) is 21.1. The second-order valence-corrected chi connectivity index (χ2v) is 7.42. The van der Waals surface area contributed by atoms with Gasteiger partial charge in [-0.2, -0.15) is 4.98 Å². The highest BCUT2D eigenvalue weighted by Gasteiger charge is 2.23. The van der Waals surface area contributed by atoms with Gasteiger partial charge in [0.2, 0.25) is 0 Å². The Balaban J connectivity index is 1.35. The van der Waals surface area contributed by atoms with E-state index in [9.17, 15) is 4.79 Å². The number of halogens is 2. The maximum atomic E-state index is 12.6.